The van der Waals surface area contributed by atoms with Gasteiger partial charge in [-0.1, -0.05) is 170 Å². The molecule has 2 unspecified atom stereocenters. The van der Waals surface area contributed by atoms with Crippen molar-refractivity contribution < 1.29 is 4.74 Å². The van der Waals surface area contributed by atoms with Gasteiger partial charge in [0.1, 0.15) is 11.9 Å². The molecule has 2 atom stereocenters. The van der Waals surface area contributed by atoms with Gasteiger partial charge in [0.2, 0.25) is 0 Å². The van der Waals surface area contributed by atoms with Gasteiger partial charge in [0, 0.05) is 17.0 Å². The van der Waals surface area contributed by atoms with Crippen LogP contribution in [0.3, 0.4) is 0 Å². The Morgan fingerprint density at radius 1 is 0.367 bits per heavy atom. The van der Waals surface area contributed by atoms with E-state index in [9.17, 15) is 0 Å². The number of hydrogen-bond acceptors (Lipinski definition) is 1. The number of hydrogen-bond donors (Lipinski definition) is 0. The molecule has 1 aliphatic heterocycles. The van der Waals surface area contributed by atoms with E-state index in [4.69, 9.17) is 4.74 Å². The van der Waals surface area contributed by atoms with Gasteiger partial charge < -0.3 is 4.74 Å². The van der Waals surface area contributed by atoms with Crippen molar-refractivity contribution in [3.8, 4) is 39.1 Å². The molecule has 0 fully saturated rings. The smallest absolute Gasteiger partial charge is 0.135 e. The molecule has 1 aliphatic carbocycles. The Labute approximate surface area is 286 Å². The molecule has 10 rings (SSSR count). The number of ether oxygens (including phenoxy) is 1. The van der Waals surface area contributed by atoms with Gasteiger partial charge in [0.25, 0.3) is 0 Å². The van der Waals surface area contributed by atoms with E-state index in [2.05, 4.69) is 182 Å². The Balaban J connectivity index is 1.12. The maximum absolute atomic E-state index is 6.51. The molecule has 0 saturated carbocycles. The third kappa shape index (κ3) is 4.47. The normalized spacial score (nSPS) is 16.0. The van der Waals surface area contributed by atoms with Crippen LogP contribution in [0, 0.1) is 0 Å². The van der Waals surface area contributed by atoms with Gasteiger partial charge in [-0.25, -0.2) is 0 Å². The molecule has 49 heavy (non-hydrogen) atoms. The highest BCUT2D eigenvalue weighted by Gasteiger charge is 2.38. The molecular formula is C48H32O. The topological polar surface area (TPSA) is 9.23 Å². The molecule has 0 saturated heterocycles. The summed E-state index contributed by atoms with van der Waals surface area (Å²) in [6.45, 7) is 0. The summed E-state index contributed by atoms with van der Waals surface area (Å²) in [6, 6.07) is 63.9. The second-order valence-corrected chi connectivity index (χ2v) is 13.1. The van der Waals surface area contributed by atoms with E-state index < -0.39 is 0 Å². The standard InChI is InChI=1S/C48H32O/c1-2-13-31(14-3-1)34-15-12-16-35(29-34)47-40-21-7-5-19-38(40)46(39-20-6-8-22-41(39)47)33-27-25-32(26-28-33)43-30-44-37-18-10-11-24-45(37)49-48(44)42-23-9-4-17-36(42)43/h1-30,44,48H. The molecule has 0 aromatic heterocycles. The number of fused-ring (bicyclic) bond motifs is 7. The molecule has 2 aliphatic rings. The van der Waals surface area contributed by atoms with Crippen LogP contribution in [0.5, 0.6) is 5.75 Å². The van der Waals surface area contributed by atoms with Gasteiger partial charge in [-0.05, 0) is 83.8 Å². The Hall–Kier alpha value is -6.18. The first-order valence-corrected chi connectivity index (χ1v) is 17.1. The summed E-state index contributed by atoms with van der Waals surface area (Å²) in [5.74, 6) is 1.19. The van der Waals surface area contributed by atoms with Crippen molar-refractivity contribution in [1.82, 2.24) is 0 Å². The van der Waals surface area contributed by atoms with Gasteiger partial charge >= 0.3 is 0 Å². The maximum Gasteiger partial charge on any atom is 0.135 e. The van der Waals surface area contributed by atoms with Crippen molar-refractivity contribution in [3.63, 3.8) is 0 Å². The Bertz CT molecular complexity index is 2520. The van der Waals surface area contributed by atoms with Crippen molar-refractivity contribution >= 4 is 27.1 Å². The minimum Gasteiger partial charge on any atom is -0.484 e. The van der Waals surface area contributed by atoms with E-state index in [1.165, 1.54) is 82.8 Å². The van der Waals surface area contributed by atoms with E-state index in [1.54, 1.807) is 0 Å². The van der Waals surface area contributed by atoms with Crippen molar-refractivity contribution in [2.75, 3.05) is 0 Å². The van der Waals surface area contributed by atoms with Crippen LogP contribution in [0.2, 0.25) is 0 Å². The molecule has 0 spiro atoms. The summed E-state index contributed by atoms with van der Waals surface area (Å²) < 4.78 is 6.51. The minimum absolute atomic E-state index is 0.0150. The van der Waals surface area contributed by atoms with Crippen molar-refractivity contribution in [3.05, 3.63) is 204 Å². The van der Waals surface area contributed by atoms with Gasteiger partial charge in [0.05, 0.1) is 0 Å². The summed E-state index contributed by atoms with van der Waals surface area (Å²) in [5, 5.41) is 5.05. The highest BCUT2D eigenvalue weighted by atomic mass is 16.5. The first kappa shape index (κ1) is 27.9. The van der Waals surface area contributed by atoms with E-state index in [1.807, 2.05) is 0 Å². The lowest BCUT2D eigenvalue weighted by atomic mass is 9.78. The lowest BCUT2D eigenvalue weighted by molar-refractivity contribution is 0.223. The molecule has 0 amide bonds. The van der Waals surface area contributed by atoms with Gasteiger partial charge in [-0.3, -0.25) is 0 Å². The Kier molecular flexibility index (Phi) is 6.38. The predicted molar refractivity (Wildman–Crippen MR) is 204 cm³/mol. The average Bonchev–Trinajstić information content (AvgIpc) is 3.56. The lowest BCUT2D eigenvalue weighted by Crippen LogP contribution is -2.15. The largest absolute Gasteiger partial charge is 0.484 e. The van der Waals surface area contributed by atoms with E-state index in [0.29, 0.717) is 0 Å². The summed E-state index contributed by atoms with van der Waals surface area (Å²) in [4.78, 5) is 0. The quantitative estimate of drug-likeness (QED) is 0.177. The monoisotopic (exact) mass is 624 g/mol. The van der Waals surface area contributed by atoms with Crippen LogP contribution in [0.15, 0.2) is 182 Å². The molecule has 230 valence electrons. The number of benzene rings is 8. The average molecular weight is 625 g/mol. The van der Waals surface area contributed by atoms with Crippen LogP contribution in [-0.2, 0) is 0 Å². The number of rotatable bonds is 4. The summed E-state index contributed by atoms with van der Waals surface area (Å²) in [7, 11) is 0. The molecule has 1 nitrogen and oxygen atoms in total. The molecule has 1 heteroatoms. The van der Waals surface area contributed by atoms with Gasteiger partial charge in [-0.2, -0.15) is 0 Å². The summed E-state index contributed by atoms with van der Waals surface area (Å²) in [6.07, 6.45) is 2.44. The van der Waals surface area contributed by atoms with Crippen LogP contribution >= 0.6 is 0 Å². The lowest BCUT2D eigenvalue weighted by Gasteiger charge is -2.27. The predicted octanol–water partition coefficient (Wildman–Crippen LogP) is 12.7. The third-order valence-electron chi connectivity index (χ3n) is 10.4. The fourth-order valence-electron chi connectivity index (χ4n) is 8.23. The van der Waals surface area contributed by atoms with Crippen LogP contribution in [0.4, 0.5) is 0 Å². The van der Waals surface area contributed by atoms with Crippen molar-refractivity contribution in [2.24, 2.45) is 0 Å². The highest BCUT2D eigenvalue weighted by molar-refractivity contribution is 6.21. The summed E-state index contributed by atoms with van der Waals surface area (Å²) in [5.41, 5.74) is 13.7. The van der Waals surface area contributed by atoms with Crippen molar-refractivity contribution in [1.29, 1.82) is 0 Å². The van der Waals surface area contributed by atoms with E-state index in [0.717, 1.165) is 5.75 Å². The maximum atomic E-state index is 6.51. The second-order valence-electron chi connectivity index (χ2n) is 13.1. The van der Waals surface area contributed by atoms with Gasteiger partial charge in [0.15, 0.2) is 0 Å². The molecule has 8 aromatic rings. The Morgan fingerprint density at radius 2 is 0.898 bits per heavy atom. The first-order valence-electron chi connectivity index (χ1n) is 17.1. The summed E-state index contributed by atoms with van der Waals surface area (Å²) >= 11 is 0. The highest BCUT2D eigenvalue weighted by Crippen LogP contribution is 2.53. The van der Waals surface area contributed by atoms with Crippen LogP contribution in [0.25, 0.3) is 60.5 Å². The third-order valence-corrected chi connectivity index (χ3v) is 10.4. The molecule has 0 N–H and O–H groups in total. The first-order chi connectivity index (χ1) is 24.3. The molecule has 0 radical (unpaired) electrons. The fourth-order valence-corrected chi connectivity index (χ4v) is 8.23. The molecule has 8 aromatic carbocycles. The second kappa shape index (κ2) is 11.2. The molecule has 0 bridgehead atoms. The van der Waals surface area contributed by atoms with Crippen molar-refractivity contribution in [2.45, 2.75) is 12.0 Å². The van der Waals surface area contributed by atoms with Crippen LogP contribution < -0.4 is 4.74 Å². The minimum atomic E-state index is 0.0150. The molecular weight excluding hydrogens is 593 g/mol. The van der Waals surface area contributed by atoms with E-state index in [-0.39, 0.29) is 12.0 Å². The zero-order valence-electron chi connectivity index (χ0n) is 26.9. The fraction of sp³-hybridized carbons (Fsp3) is 0.0417. The SMILES string of the molecule is C1=C(c2ccc(-c3c4ccccc4c(-c4cccc(-c5ccccc5)c4)c4ccccc34)cc2)c2ccccc2C2Oc3ccccc3C12. The Morgan fingerprint density at radius 3 is 1.61 bits per heavy atom. The zero-order chi connectivity index (χ0) is 32.3. The van der Waals surface area contributed by atoms with Crippen LogP contribution in [-0.4, -0.2) is 0 Å². The molecule has 1 heterocycles. The van der Waals surface area contributed by atoms with E-state index >= 15 is 0 Å². The number of para-hydroxylation sites is 1. The van der Waals surface area contributed by atoms with Crippen LogP contribution in [0.1, 0.15) is 34.3 Å². The van der Waals surface area contributed by atoms with Gasteiger partial charge in [-0.15, -0.1) is 0 Å². The zero-order valence-corrected chi connectivity index (χ0v) is 26.9.